The van der Waals surface area contributed by atoms with Crippen LogP contribution in [-0.2, 0) is 22.7 Å². The number of carbonyl (C=O) groups excluding carboxylic acids is 2. The van der Waals surface area contributed by atoms with Crippen molar-refractivity contribution >= 4 is 17.6 Å². The third kappa shape index (κ3) is 8.72. The van der Waals surface area contributed by atoms with Crippen molar-refractivity contribution < 1.29 is 9.59 Å². The van der Waals surface area contributed by atoms with E-state index in [4.69, 9.17) is 22.6 Å². The maximum absolute atomic E-state index is 14.9. The molecule has 12 heteroatoms. The van der Waals surface area contributed by atoms with Crippen LogP contribution in [0.5, 0.6) is 0 Å². The lowest BCUT2D eigenvalue weighted by Gasteiger charge is -2.34. The maximum Gasteiger partial charge on any atom is 0.352 e. The van der Waals surface area contributed by atoms with Crippen LogP contribution in [0.2, 0.25) is 0 Å². The first-order valence-corrected chi connectivity index (χ1v) is 18.1. The molecule has 55 heavy (non-hydrogen) atoms. The van der Waals surface area contributed by atoms with Gasteiger partial charge in [-0.1, -0.05) is 121 Å². The summed E-state index contributed by atoms with van der Waals surface area (Å²) in [6, 6.07) is 42.1. The molecule has 0 aliphatic rings. The molecule has 0 aliphatic heterocycles. The molecule has 0 saturated heterocycles. The monoisotopic (exact) mass is 736 g/mol. The van der Waals surface area contributed by atoms with Crippen molar-refractivity contribution in [3.8, 4) is 11.4 Å². The molecule has 1 unspecified atom stereocenters. The zero-order chi connectivity index (χ0) is 38.9. The first-order valence-electron chi connectivity index (χ1n) is 18.1. The van der Waals surface area contributed by atoms with E-state index in [-0.39, 0.29) is 31.3 Å². The van der Waals surface area contributed by atoms with Crippen LogP contribution in [0.1, 0.15) is 47.4 Å². The first kappa shape index (κ1) is 38.0. The van der Waals surface area contributed by atoms with Crippen LogP contribution < -0.4 is 28.6 Å². The number of benzene rings is 5. The second-order valence-corrected chi connectivity index (χ2v) is 13.4. The van der Waals surface area contributed by atoms with Crippen molar-refractivity contribution in [2.45, 2.75) is 50.4 Å². The van der Waals surface area contributed by atoms with Gasteiger partial charge in [0.15, 0.2) is 0 Å². The van der Waals surface area contributed by atoms with E-state index in [0.29, 0.717) is 35.3 Å². The van der Waals surface area contributed by atoms with Crippen molar-refractivity contribution in [2.24, 2.45) is 17.2 Å². The summed E-state index contributed by atoms with van der Waals surface area (Å²) in [6.07, 6.45) is 0.906. The maximum atomic E-state index is 14.9. The number of primary amides is 1. The van der Waals surface area contributed by atoms with Crippen LogP contribution in [0.25, 0.3) is 11.4 Å². The molecule has 0 fully saturated rings. The van der Waals surface area contributed by atoms with E-state index >= 15 is 0 Å². The Bertz CT molecular complexity index is 2250. The highest BCUT2D eigenvalue weighted by molar-refractivity contribution is 5.92. The number of amidine groups is 1. The van der Waals surface area contributed by atoms with Crippen molar-refractivity contribution in [3.63, 3.8) is 0 Å². The van der Waals surface area contributed by atoms with E-state index in [1.807, 2.05) is 84.9 Å². The van der Waals surface area contributed by atoms with Gasteiger partial charge < -0.3 is 22.1 Å². The summed E-state index contributed by atoms with van der Waals surface area (Å²) in [5.41, 5.74) is 20.5. The van der Waals surface area contributed by atoms with Gasteiger partial charge in [-0.2, -0.15) is 9.36 Å². The van der Waals surface area contributed by atoms with Crippen LogP contribution >= 0.6 is 0 Å². The largest absolute Gasteiger partial charge is 0.386 e. The van der Waals surface area contributed by atoms with Gasteiger partial charge in [0, 0.05) is 6.54 Å². The number of nitrogens with zero attached hydrogens (tertiary/aromatic N) is 4. The van der Waals surface area contributed by atoms with Crippen molar-refractivity contribution in [1.82, 2.24) is 18.8 Å². The Kier molecular flexibility index (Phi) is 12.0. The van der Waals surface area contributed by atoms with Gasteiger partial charge in [0.2, 0.25) is 11.8 Å². The zero-order valence-electron chi connectivity index (χ0n) is 30.3. The molecule has 0 spiro atoms. The van der Waals surface area contributed by atoms with Crippen LogP contribution in [0.3, 0.4) is 0 Å². The number of amides is 2. The average molecular weight is 737 g/mol. The van der Waals surface area contributed by atoms with Gasteiger partial charge >= 0.3 is 11.4 Å². The molecule has 280 valence electrons. The van der Waals surface area contributed by atoms with E-state index < -0.39 is 35.3 Å². The molecule has 12 nitrogen and oxygen atoms in total. The Morgan fingerprint density at radius 3 is 1.58 bits per heavy atom. The Labute approximate surface area is 318 Å². The summed E-state index contributed by atoms with van der Waals surface area (Å²) in [4.78, 5) is 57.7. The Balaban J connectivity index is 1.38. The third-order valence-corrected chi connectivity index (χ3v) is 9.60. The van der Waals surface area contributed by atoms with Crippen LogP contribution in [0.15, 0.2) is 155 Å². The van der Waals surface area contributed by atoms with Gasteiger partial charge in [-0.25, -0.2) is 14.2 Å². The molecule has 1 aromatic heterocycles. The number of nitrogens with one attached hydrogen (secondary N) is 1. The minimum absolute atomic E-state index is 0.00336. The summed E-state index contributed by atoms with van der Waals surface area (Å²) < 4.78 is 3.88. The minimum Gasteiger partial charge on any atom is -0.386 e. The quantitative estimate of drug-likeness (QED) is 0.0848. The second-order valence-electron chi connectivity index (χ2n) is 13.4. The van der Waals surface area contributed by atoms with Crippen molar-refractivity contribution in [2.75, 3.05) is 0 Å². The topological polar surface area (TPSA) is 188 Å². The molecule has 2 atom stereocenters. The molecule has 0 saturated carbocycles. The van der Waals surface area contributed by atoms with E-state index in [9.17, 15) is 19.2 Å². The number of aromatic nitrogens is 3. The predicted molar refractivity (Wildman–Crippen MR) is 213 cm³/mol. The zero-order valence-corrected chi connectivity index (χ0v) is 30.3. The number of carbonyl (C=O) groups is 2. The molecule has 6 aromatic rings. The lowest BCUT2D eigenvalue weighted by atomic mass is 9.89. The standard InChI is InChI=1S/C43H44N8O4/c44-36(39(45)46)25-14-26-37(40(47)52)48(41(53)38(32-17-5-1-6-18-32)33-19-7-2-8-20-33)28-30-15-13-16-31(27-30)29-49-42(54)50(34-21-9-3-10-22-34)51(43(49)55)35-23-11-4-12-24-35/h1-13,15-24,27,36-38H,14,25-26,28-29,44H2,(H3,45,46)(H2,47,52)/t36?,37-/m0/s1. The molecular weight excluding hydrogens is 693 g/mol. The number of rotatable bonds is 16. The predicted octanol–water partition coefficient (Wildman–Crippen LogP) is 4.29. The van der Waals surface area contributed by atoms with Crippen molar-refractivity contribution in [3.05, 3.63) is 189 Å². The smallest absolute Gasteiger partial charge is 0.352 e. The molecule has 0 aliphatic carbocycles. The summed E-state index contributed by atoms with van der Waals surface area (Å²) in [5, 5.41) is 7.70. The minimum atomic E-state index is -1.02. The van der Waals surface area contributed by atoms with Gasteiger partial charge in [-0.3, -0.25) is 15.0 Å². The van der Waals surface area contributed by atoms with Gasteiger partial charge in [0.25, 0.3) is 0 Å². The number of hydrogen-bond donors (Lipinski definition) is 4. The fraction of sp³-hybridized carbons (Fsp3) is 0.186. The van der Waals surface area contributed by atoms with E-state index in [0.717, 1.165) is 11.1 Å². The Morgan fingerprint density at radius 1 is 0.636 bits per heavy atom. The summed E-state index contributed by atoms with van der Waals surface area (Å²) in [6.45, 7) is -0.0473. The fourth-order valence-electron chi connectivity index (χ4n) is 6.83. The van der Waals surface area contributed by atoms with Crippen LogP contribution in [0, 0.1) is 5.41 Å². The number of nitrogens with two attached hydrogens (primary N) is 3. The summed E-state index contributed by atoms with van der Waals surface area (Å²) in [5.74, 6) is -1.93. The molecule has 1 heterocycles. The van der Waals surface area contributed by atoms with E-state index in [1.54, 1.807) is 60.7 Å². The van der Waals surface area contributed by atoms with Gasteiger partial charge in [-0.15, -0.1) is 0 Å². The summed E-state index contributed by atoms with van der Waals surface area (Å²) in [7, 11) is 0. The first-order chi connectivity index (χ1) is 26.6. The molecule has 0 radical (unpaired) electrons. The Hall–Kier alpha value is -6.79. The highest BCUT2D eigenvalue weighted by Gasteiger charge is 2.34. The lowest BCUT2D eigenvalue weighted by molar-refractivity contribution is -0.141. The Morgan fingerprint density at radius 2 is 1.11 bits per heavy atom. The van der Waals surface area contributed by atoms with Gasteiger partial charge in [0.05, 0.1) is 29.9 Å². The molecule has 5 aromatic carbocycles. The van der Waals surface area contributed by atoms with Gasteiger partial charge in [0.1, 0.15) is 11.9 Å². The molecule has 7 N–H and O–H groups in total. The average Bonchev–Trinajstić information content (AvgIpc) is 3.45. The fourth-order valence-corrected chi connectivity index (χ4v) is 6.83. The SMILES string of the molecule is N=C(N)C(N)CCC[C@@H](C(N)=O)N(Cc1cccc(Cn2c(=O)n(-c3ccccc3)n(-c3ccccc3)c2=O)c1)C(=O)C(c1ccccc1)c1ccccc1. The second kappa shape index (κ2) is 17.4. The number of hydrogen-bond acceptors (Lipinski definition) is 6. The van der Waals surface area contributed by atoms with E-state index in [1.165, 1.54) is 18.8 Å². The van der Waals surface area contributed by atoms with Gasteiger partial charge in [-0.05, 0) is 65.8 Å². The molecule has 0 bridgehead atoms. The van der Waals surface area contributed by atoms with Crippen molar-refractivity contribution in [1.29, 1.82) is 5.41 Å². The molecule has 2 amide bonds. The highest BCUT2D eigenvalue weighted by Crippen LogP contribution is 2.30. The lowest BCUT2D eigenvalue weighted by Crippen LogP contribution is -2.49. The normalized spacial score (nSPS) is 12.3. The van der Waals surface area contributed by atoms with Crippen LogP contribution in [-0.4, -0.2) is 48.6 Å². The summed E-state index contributed by atoms with van der Waals surface area (Å²) >= 11 is 0. The van der Waals surface area contributed by atoms with E-state index in [2.05, 4.69) is 0 Å². The third-order valence-electron chi connectivity index (χ3n) is 9.60. The highest BCUT2D eigenvalue weighted by atomic mass is 16.2. The molecular formula is C43H44N8O4. The molecule has 6 rings (SSSR count). The van der Waals surface area contributed by atoms with Crippen LogP contribution in [0.4, 0.5) is 0 Å². The number of para-hydroxylation sites is 2.